The molecule has 0 saturated carbocycles. The molecule has 1 amide bonds. The summed E-state index contributed by atoms with van der Waals surface area (Å²) in [4.78, 5) is 11.0. The van der Waals surface area contributed by atoms with Crippen molar-refractivity contribution in [3.05, 3.63) is 0 Å². The molecule has 0 heterocycles. The fourth-order valence-corrected chi connectivity index (χ4v) is 0.934. The Labute approximate surface area is 80.8 Å². The molecule has 1 N–H and O–H groups in total. The summed E-state index contributed by atoms with van der Waals surface area (Å²) < 4.78 is 5.33. The normalized spacial score (nSPS) is 10.5. The van der Waals surface area contributed by atoms with E-state index in [1.807, 2.05) is 20.8 Å². The lowest BCUT2D eigenvalue weighted by Crippen LogP contribution is -2.24. The topological polar surface area (TPSA) is 38.3 Å². The maximum Gasteiger partial charge on any atom is 0.219 e. The summed E-state index contributed by atoms with van der Waals surface area (Å²) in [6.45, 7) is 7.47. The minimum Gasteiger partial charge on any atom is -0.379 e. The van der Waals surface area contributed by atoms with E-state index in [0.717, 1.165) is 26.0 Å². The van der Waals surface area contributed by atoms with Crippen molar-refractivity contribution in [1.82, 2.24) is 5.32 Å². The van der Waals surface area contributed by atoms with Crippen LogP contribution >= 0.6 is 0 Å². The minimum absolute atomic E-state index is 0.145. The Hall–Kier alpha value is -0.570. The molecule has 0 aliphatic carbocycles. The fraction of sp³-hybridized carbons (Fsp3) is 0.900. The molecule has 0 unspecified atom stereocenters. The Morgan fingerprint density at radius 2 is 2.15 bits per heavy atom. The molecule has 0 aliphatic rings. The van der Waals surface area contributed by atoms with E-state index in [-0.39, 0.29) is 12.0 Å². The summed E-state index contributed by atoms with van der Waals surface area (Å²) >= 11 is 0. The van der Waals surface area contributed by atoms with Gasteiger partial charge in [0.1, 0.15) is 0 Å². The van der Waals surface area contributed by atoms with Gasteiger partial charge in [0.2, 0.25) is 5.91 Å². The third-order valence-electron chi connectivity index (χ3n) is 1.57. The van der Waals surface area contributed by atoms with Crippen molar-refractivity contribution in [2.45, 2.75) is 46.1 Å². The number of rotatable bonds is 7. The van der Waals surface area contributed by atoms with Crippen molar-refractivity contribution in [2.24, 2.45) is 0 Å². The largest absolute Gasteiger partial charge is 0.379 e. The van der Waals surface area contributed by atoms with E-state index in [4.69, 9.17) is 4.74 Å². The van der Waals surface area contributed by atoms with Gasteiger partial charge in [0.25, 0.3) is 0 Å². The van der Waals surface area contributed by atoms with Gasteiger partial charge in [-0.3, -0.25) is 4.79 Å². The quantitative estimate of drug-likeness (QED) is 0.616. The highest BCUT2D eigenvalue weighted by Gasteiger charge is 1.97. The second-order valence-corrected chi connectivity index (χ2v) is 3.37. The first kappa shape index (κ1) is 12.4. The summed E-state index contributed by atoms with van der Waals surface area (Å²) in [5.74, 6) is 0.145. The zero-order valence-corrected chi connectivity index (χ0v) is 8.93. The van der Waals surface area contributed by atoms with Crippen LogP contribution in [0.1, 0.15) is 40.0 Å². The lowest BCUT2D eigenvalue weighted by atomic mass is 10.3. The Morgan fingerprint density at radius 3 is 2.69 bits per heavy atom. The summed E-state index contributed by atoms with van der Waals surface area (Å²) in [6, 6.07) is 0. The van der Waals surface area contributed by atoms with Crippen molar-refractivity contribution in [3.63, 3.8) is 0 Å². The van der Waals surface area contributed by atoms with Crippen molar-refractivity contribution < 1.29 is 9.53 Å². The average Bonchev–Trinajstić information content (AvgIpc) is 2.03. The van der Waals surface area contributed by atoms with Crippen LogP contribution in [0.5, 0.6) is 0 Å². The van der Waals surface area contributed by atoms with E-state index in [2.05, 4.69) is 5.32 Å². The predicted octanol–water partition coefficient (Wildman–Crippen LogP) is 1.72. The summed E-state index contributed by atoms with van der Waals surface area (Å²) in [5, 5.41) is 2.84. The lowest BCUT2D eigenvalue weighted by molar-refractivity contribution is -0.121. The van der Waals surface area contributed by atoms with Crippen LogP contribution in [0.2, 0.25) is 0 Å². The molecular formula is C10H21NO2. The first-order valence-corrected chi connectivity index (χ1v) is 5.05. The number of carbonyl (C=O) groups is 1. The Balaban J connectivity index is 3.11. The Bertz CT molecular complexity index is 135. The molecule has 3 nitrogen and oxygen atoms in total. The van der Waals surface area contributed by atoms with Gasteiger partial charge in [0.05, 0.1) is 6.10 Å². The number of ether oxygens (including phenoxy) is 1. The van der Waals surface area contributed by atoms with E-state index in [1.165, 1.54) is 0 Å². The molecule has 0 saturated heterocycles. The number of carbonyl (C=O) groups excluding carboxylic acids is 1. The van der Waals surface area contributed by atoms with Crippen LogP contribution in [0.4, 0.5) is 0 Å². The zero-order chi connectivity index (χ0) is 10.1. The molecule has 3 heteroatoms. The van der Waals surface area contributed by atoms with Crippen LogP contribution in [-0.4, -0.2) is 25.2 Å². The molecular weight excluding hydrogens is 166 g/mol. The molecule has 13 heavy (non-hydrogen) atoms. The number of hydrogen-bond acceptors (Lipinski definition) is 2. The molecule has 0 rings (SSSR count). The van der Waals surface area contributed by atoms with Gasteiger partial charge in [-0.25, -0.2) is 0 Å². The summed E-state index contributed by atoms with van der Waals surface area (Å²) in [7, 11) is 0. The molecule has 0 aromatic rings. The van der Waals surface area contributed by atoms with E-state index in [9.17, 15) is 4.79 Å². The lowest BCUT2D eigenvalue weighted by Gasteiger charge is -2.07. The van der Waals surface area contributed by atoms with Crippen LogP contribution in [0.15, 0.2) is 0 Å². The average molecular weight is 187 g/mol. The Kier molecular flexibility index (Phi) is 7.69. The van der Waals surface area contributed by atoms with Crippen molar-refractivity contribution in [3.8, 4) is 0 Å². The van der Waals surface area contributed by atoms with E-state index < -0.39 is 0 Å². The maximum absolute atomic E-state index is 11.0. The van der Waals surface area contributed by atoms with Gasteiger partial charge in [0, 0.05) is 19.6 Å². The van der Waals surface area contributed by atoms with Gasteiger partial charge in [0.15, 0.2) is 0 Å². The van der Waals surface area contributed by atoms with Crippen molar-refractivity contribution in [1.29, 1.82) is 0 Å². The molecule has 0 aliphatic heterocycles. The minimum atomic E-state index is 0.145. The highest BCUT2D eigenvalue weighted by atomic mass is 16.5. The molecule has 0 atom stereocenters. The van der Waals surface area contributed by atoms with Gasteiger partial charge in [-0.05, 0) is 26.7 Å². The van der Waals surface area contributed by atoms with Gasteiger partial charge >= 0.3 is 0 Å². The van der Waals surface area contributed by atoms with Crippen LogP contribution in [0.3, 0.4) is 0 Å². The van der Waals surface area contributed by atoms with Gasteiger partial charge in [-0.2, -0.15) is 0 Å². The Morgan fingerprint density at radius 1 is 1.46 bits per heavy atom. The third kappa shape index (κ3) is 9.34. The first-order chi connectivity index (χ1) is 6.16. The van der Waals surface area contributed by atoms with Crippen molar-refractivity contribution >= 4 is 5.91 Å². The SMILES string of the molecule is CCCC(=O)NCCCOC(C)C. The van der Waals surface area contributed by atoms with Gasteiger partial charge in [-0.1, -0.05) is 6.92 Å². The predicted molar refractivity (Wildman–Crippen MR) is 53.6 cm³/mol. The zero-order valence-electron chi connectivity index (χ0n) is 8.93. The van der Waals surface area contributed by atoms with Crippen LogP contribution in [-0.2, 0) is 9.53 Å². The molecule has 0 bridgehead atoms. The standard InChI is InChI=1S/C10H21NO2/c1-4-6-10(12)11-7-5-8-13-9(2)3/h9H,4-8H2,1-3H3,(H,11,12). The maximum atomic E-state index is 11.0. The summed E-state index contributed by atoms with van der Waals surface area (Å²) in [5.41, 5.74) is 0. The second kappa shape index (κ2) is 8.05. The highest BCUT2D eigenvalue weighted by molar-refractivity contribution is 5.75. The van der Waals surface area contributed by atoms with Crippen LogP contribution < -0.4 is 5.32 Å². The van der Waals surface area contributed by atoms with E-state index in [0.29, 0.717) is 6.42 Å². The second-order valence-electron chi connectivity index (χ2n) is 3.37. The molecule has 0 aromatic carbocycles. The highest BCUT2D eigenvalue weighted by Crippen LogP contribution is 1.90. The van der Waals surface area contributed by atoms with E-state index in [1.54, 1.807) is 0 Å². The number of nitrogens with one attached hydrogen (secondary N) is 1. The van der Waals surface area contributed by atoms with Crippen LogP contribution in [0.25, 0.3) is 0 Å². The molecule has 0 fully saturated rings. The van der Waals surface area contributed by atoms with Crippen molar-refractivity contribution in [2.75, 3.05) is 13.2 Å². The van der Waals surface area contributed by atoms with E-state index >= 15 is 0 Å². The smallest absolute Gasteiger partial charge is 0.219 e. The fourth-order valence-electron chi connectivity index (χ4n) is 0.934. The molecule has 0 radical (unpaired) electrons. The monoisotopic (exact) mass is 187 g/mol. The third-order valence-corrected chi connectivity index (χ3v) is 1.57. The molecule has 0 aromatic heterocycles. The van der Waals surface area contributed by atoms with Gasteiger partial charge < -0.3 is 10.1 Å². The van der Waals surface area contributed by atoms with Gasteiger partial charge in [-0.15, -0.1) is 0 Å². The summed E-state index contributed by atoms with van der Waals surface area (Å²) in [6.07, 6.45) is 2.72. The number of amides is 1. The van der Waals surface area contributed by atoms with Crippen LogP contribution in [0, 0.1) is 0 Å². The number of hydrogen-bond donors (Lipinski definition) is 1. The first-order valence-electron chi connectivity index (χ1n) is 5.05. The molecule has 78 valence electrons. The molecule has 0 spiro atoms.